The van der Waals surface area contributed by atoms with Gasteiger partial charge in [-0.05, 0) is 30.7 Å². The first-order valence-electron chi connectivity index (χ1n) is 7.04. The molecule has 2 rings (SSSR count). The van der Waals surface area contributed by atoms with E-state index in [1.807, 2.05) is 56.3 Å². The number of para-hydroxylation sites is 2. The molecule has 0 unspecified atom stereocenters. The van der Waals surface area contributed by atoms with Gasteiger partial charge in [-0.25, -0.2) is 0 Å². The van der Waals surface area contributed by atoms with E-state index < -0.39 is 0 Å². The zero-order valence-corrected chi connectivity index (χ0v) is 12.8. The Kier molecular flexibility index (Phi) is 4.87. The van der Waals surface area contributed by atoms with Crippen LogP contribution in [0.4, 0.5) is 22.9 Å². The van der Waals surface area contributed by atoms with Crippen molar-refractivity contribution in [3.63, 3.8) is 0 Å². The summed E-state index contributed by atoms with van der Waals surface area (Å²) in [4.78, 5) is 6.48. The second-order valence-corrected chi connectivity index (χ2v) is 4.98. The summed E-state index contributed by atoms with van der Waals surface area (Å²) in [6.07, 6.45) is 0.919. The normalized spacial score (nSPS) is 10.2. The number of ether oxygens (including phenoxy) is 1. The minimum absolute atomic E-state index is 0.476. The van der Waals surface area contributed by atoms with Gasteiger partial charge in [0.1, 0.15) is 5.82 Å². The van der Waals surface area contributed by atoms with Crippen molar-refractivity contribution in [1.82, 2.24) is 4.98 Å². The maximum Gasteiger partial charge on any atom is 0.239 e. The smallest absolute Gasteiger partial charge is 0.239 e. The topological polar surface area (TPSA) is 63.4 Å². The summed E-state index contributed by atoms with van der Waals surface area (Å²) in [7, 11) is 4.01. The van der Waals surface area contributed by atoms with E-state index in [0.29, 0.717) is 24.0 Å². The first-order chi connectivity index (χ1) is 10.1. The van der Waals surface area contributed by atoms with E-state index in [0.717, 1.165) is 17.8 Å². The number of aromatic nitrogens is 1. The molecule has 0 aliphatic carbocycles. The molecule has 112 valence electrons. The number of hydrogen-bond acceptors (Lipinski definition) is 5. The fourth-order valence-corrected chi connectivity index (χ4v) is 1.94. The van der Waals surface area contributed by atoms with E-state index in [1.165, 1.54) is 0 Å². The Morgan fingerprint density at radius 3 is 2.67 bits per heavy atom. The quantitative estimate of drug-likeness (QED) is 0.853. The molecule has 0 aliphatic rings. The Morgan fingerprint density at radius 1 is 1.19 bits per heavy atom. The zero-order valence-electron chi connectivity index (χ0n) is 12.8. The molecule has 1 heterocycles. The van der Waals surface area contributed by atoms with Crippen molar-refractivity contribution >= 4 is 22.9 Å². The molecule has 0 radical (unpaired) electrons. The third-order valence-corrected chi connectivity index (χ3v) is 2.98. The van der Waals surface area contributed by atoms with Crippen molar-refractivity contribution in [3.05, 3.63) is 36.4 Å². The van der Waals surface area contributed by atoms with Crippen LogP contribution in [-0.2, 0) is 0 Å². The minimum atomic E-state index is 0.476. The Morgan fingerprint density at radius 2 is 1.95 bits per heavy atom. The van der Waals surface area contributed by atoms with Gasteiger partial charge in [-0.2, -0.15) is 4.98 Å². The molecule has 2 aromatic rings. The Balaban J connectivity index is 2.24. The van der Waals surface area contributed by atoms with Gasteiger partial charge >= 0.3 is 0 Å². The van der Waals surface area contributed by atoms with Crippen LogP contribution >= 0.6 is 0 Å². The van der Waals surface area contributed by atoms with Crippen LogP contribution in [0.2, 0.25) is 0 Å². The predicted molar refractivity (Wildman–Crippen MR) is 88.5 cm³/mol. The molecule has 0 spiro atoms. The molecular formula is C16H22N4O. The van der Waals surface area contributed by atoms with E-state index in [9.17, 15) is 0 Å². The standard InChI is InChI=1S/C16H22N4O/c1-4-11-21-16-12(17)9-10-15(19-16)18-13-7-5-6-8-14(13)20(2)3/h5-10H,4,11,17H2,1-3H3,(H,18,19). The van der Waals surface area contributed by atoms with E-state index in [-0.39, 0.29) is 0 Å². The summed E-state index contributed by atoms with van der Waals surface area (Å²) in [6.45, 7) is 2.65. The van der Waals surface area contributed by atoms with E-state index >= 15 is 0 Å². The summed E-state index contributed by atoms with van der Waals surface area (Å²) in [5, 5.41) is 3.31. The second-order valence-electron chi connectivity index (χ2n) is 4.98. The number of pyridine rings is 1. The lowest BCUT2D eigenvalue weighted by Gasteiger charge is -2.18. The highest BCUT2D eigenvalue weighted by Crippen LogP contribution is 2.28. The highest BCUT2D eigenvalue weighted by Gasteiger charge is 2.07. The summed E-state index contributed by atoms with van der Waals surface area (Å²) < 4.78 is 5.56. The van der Waals surface area contributed by atoms with Crippen molar-refractivity contribution < 1.29 is 4.74 Å². The Labute approximate surface area is 125 Å². The molecule has 5 heteroatoms. The number of anilines is 4. The molecule has 0 aliphatic heterocycles. The van der Waals surface area contributed by atoms with Crippen LogP contribution in [0.25, 0.3) is 0 Å². The molecule has 0 amide bonds. The molecule has 1 aromatic carbocycles. The van der Waals surface area contributed by atoms with Gasteiger partial charge in [0.05, 0.1) is 23.7 Å². The van der Waals surface area contributed by atoms with Gasteiger partial charge in [-0.3, -0.25) is 0 Å². The highest BCUT2D eigenvalue weighted by molar-refractivity contribution is 5.74. The van der Waals surface area contributed by atoms with Crippen LogP contribution in [0.3, 0.4) is 0 Å². The highest BCUT2D eigenvalue weighted by atomic mass is 16.5. The van der Waals surface area contributed by atoms with Crippen LogP contribution in [0, 0.1) is 0 Å². The number of benzene rings is 1. The maximum atomic E-state index is 5.88. The van der Waals surface area contributed by atoms with Crippen LogP contribution in [-0.4, -0.2) is 25.7 Å². The van der Waals surface area contributed by atoms with E-state index in [1.54, 1.807) is 6.07 Å². The van der Waals surface area contributed by atoms with E-state index in [2.05, 4.69) is 10.3 Å². The first-order valence-corrected chi connectivity index (χ1v) is 7.04. The SMILES string of the molecule is CCCOc1nc(Nc2ccccc2N(C)C)ccc1N. The number of hydrogen-bond donors (Lipinski definition) is 2. The van der Waals surface area contributed by atoms with Gasteiger partial charge in [0.15, 0.2) is 0 Å². The van der Waals surface area contributed by atoms with Crippen molar-refractivity contribution in [1.29, 1.82) is 0 Å². The lowest BCUT2D eigenvalue weighted by Crippen LogP contribution is -2.11. The summed E-state index contributed by atoms with van der Waals surface area (Å²) in [6, 6.07) is 11.7. The number of nitrogens with zero attached hydrogens (tertiary/aromatic N) is 2. The van der Waals surface area contributed by atoms with Crippen molar-refractivity contribution in [2.45, 2.75) is 13.3 Å². The Hall–Kier alpha value is -2.43. The van der Waals surface area contributed by atoms with Crippen LogP contribution in [0.15, 0.2) is 36.4 Å². The predicted octanol–water partition coefficient (Wildman–Crippen LogP) is 3.26. The number of nitrogens with one attached hydrogen (secondary N) is 1. The van der Waals surface area contributed by atoms with Crippen molar-refractivity contribution in [2.24, 2.45) is 0 Å². The van der Waals surface area contributed by atoms with Gasteiger partial charge in [0, 0.05) is 14.1 Å². The average molecular weight is 286 g/mol. The molecule has 0 saturated carbocycles. The average Bonchev–Trinajstić information content (AvgIpc) is 2.48. The van der Waals surface area contributed by atoms with Gasteiger partial charge < -0.3 is 20.7 Å². The zero-order chi connectivity index (χ0) is 15.2. The van der Waals surface area contributed by atoms with Crippen molar-refractivity contribution in [2.75, 3.05) is 36.7 Å². The molecule has 0 saturated heterocycles. The fraction of sp³-hybridized carbons (Fsp3) is 0.312. The lowest BCUT2D eigenvalue weighted by molar-refractivity contribution is 0.307. The fourth-order valence-electron chi connectivity index (χ4n) is 1.94. The number of nitrogens with two attached hydrogens (primary N) is 1. The number of nitrogen functional groups attached to an aromatic ring is 1. The molecule has 0 atom stereocenters. The third-order valence-electron chi connectivity index (χ3n) is 2.98. The van der Waals surface area contributed by atoms with Gasteiger partial charge in [0.25, 0.3) is 0 Å². The molecule has 21 heavy (non-hydrogen) atoms. The molecule has 3 N–H and O–H groups in total. The van der Waals surface area contributed by atoms with Gasteiger partial charge in [0.2, 0.25) is 5.88 Å². The minimum Gasteiger partial charge on any atom is -0.476 e. The molecule has 1 aromatic heterocycles. The summed E-state index contributed by atoms with van der Waals surface area (Å²) in [5.74, 6) is 1.19. The monoisotopic (exact) mass is 286 g/mol. The van der Waals surface area contributed by atoms with Crippen LogP contribution in [0.1, 0.15) is 13.3 Å². The maximum absolute atomic E-state index is 5.88. The van der Waals surface area contributed by atoms with Gasteiger partial charge in [-0.15, -0.1) is 0 Å². The van der Waals surface area contributed by atoms with Crippen molar-refractivity contribution in [3.8, 4) is 5.88 Å². The van der Waals surface area contributed by atoms with Crippen LogP contribution < -0.4 is 20.7 Å². The summed E-state index contributed by atoms with van der Waals surface area (Å²) >= 11 is 0. The largest absolute Gasteiger partial charge is 0.476 e. The van der Waals surface area contributed by atoms with Gasteiger partial charge in [-0.1, -0.05) is 19.1 Å². The Bertz CT molecular complexity index is 599. The lowest BCUT2D eigenvalue weighted by atomic mass is 10.2. The molecule has 0 fully saturated rings. The van der Waals surface area contributed by atoms with Crippen LogP contribution in [0.5, 0.6) is 5.88 Å². The van der Waals surface area contributed by atoms with E-state index in [4.69, 9.17) is 10.5 Å². The molecule has 0 bridgehead atoms. The molecular weight excluding hydrogens is 264 g/mol. The third kappa shape index (κ3) is 3.78. The first kappa shape index (κ1) is 15.0. The number of rotatable bonds is 6. The second kappa shape index (κ2) is 6.83. The molecule has 5 nitrogen and oxygen atoms in total. The summed E-state index contributed by atoms with van der Waals surface area (Å²) in [5.41, 5.74) is 8.51.